The van der Waals surface area contributed by atoms with Crippen molar-refractivity contribution >= 4 is 0 Å². The monoisotopic (exact) mass is 227 g/mol. The Morgan fingerprint density at radius 1 is 1.31 bits per heavy atom. The van der Waals surface area contributed by atoms with Gasteiger partial charge in [0.15, 0.2) is 0 Å². The summed E-state index contributed by atoms with van der Waals surface area (Å²) in [4.78, 5) is 0. The standard InChI is InChI=1S/C14H29NO/c1-3-5-13-6-9-14(12-15,10-7-13)8-4-11-16-2/h13H,3-12,15H2,1-2H3. The first-order chi connectivity index (χ1) is 7.76. The third-order valence-electron chi connectivity index (χ3n) is 4.35. The zero-order valence-electron chi connectivity index (χ0n) is 11.1. The number of ether oxygens (including phenoxy) is 1. The number of rotatable bonds is 7. The summed E-state index contributed by atoms with van der Waals surface area (Å²) in [7, 11) is 1.78. The molecule has 0 aliphatic heterocycles. The van der Waals surface area contributed by atoms with Crippen LogP contribution in [0.15, 0.2) is 0 Å². The van der Waals surface area contributed by atoms with E-state index in [0.29, 0.717) is 5.41 Å². The molecule has 1 aliphatic rings. The highest BCUT2D eigenvalue weighted by Crippen LogP contribution is 2.42. The quantitative estimate of drug-likeness (QED) is 0.677. The maximum absolute atomic E-state index is 6.00. The summed E-state index contributed by atoms with van der Waals surface area (Å²) in [5, 5.41) is 0. The Hall–Kier alpha value is -0.0800. The van der Waals surface area contributed by atoms with Gasteiger partial charge >= 0.3 is 0 Å². The van der Waals surface area contributed by atoms with Crippen molar-refractivity contribution in [3.05, 3.63) is 0 Å². The van der Waals surface area contributed by atoms with Crippen LogP contribution < -0.4 is 5.73 Å². The predicted octanol–water partition coefficient (Wildman–Crippen LogP) is 3.35. The second kappa shape index (κ2) is 7.29. The van der Waals surface area contributed by atoms with E-state index >= 15 is 0 Å². The molecule has 2 heteroatoms. The highest BCUT2D eigenvalue weighted by Gasteiger charge is 2.33. The van der Waals surface area contributed by atoms with Gasteiger partial charge in [0.25, 0.3) is 0 Å². The molecule has 0 aromatic heterocycles. The fraction of sp³-hybridized carbons (Fsp3) is 1.00. The summed E-state index contributed by atoms with van der Waals surface area (Å²) in [6.45, 7) is 4.05. The fourth-order valence-electron chi connectivity index (χ4n) is 3.13. The Morgan fingerprint density at radius 3 is 2.50 bits per heavy atom. The van der Waals surface area contributed by atoms with Crippen molar-refractivity contribution in [1.29, 1.82) is 0 Å². The van der Waals surface area contributed by atoms with Crippen LogP contribution in [0.4, 0.5) is 0 Å². The topological polar surface area (TPSA) is 35.2 Å². The molecule has 96 valence electrons. The van der Waals surface area contributed by atoms with Crippen molar-refractivity contribution in [2.45, 2.75) is 58.3 Å². The maximum Gasteiger partial charge on any atom is 0.0462 e. The molecule has 0 radical (unpaired) electrons. The van der Waals surface area contributed by atoms with Gasteiger partial charge in [0.2, 0.25) is 0 Å². The average Bonchev–Trinajstić information content (AvgIpc) is 2.32. The van der Waals surface area contributed by atoms with E-state index in [1.807, 2.05) is 0 Å². The highest BCUT2D eigenvalue weighted by atomic mass is 16.5. The van der Waals surface area contributed by atoms with Crippen LogP contribution in [0.1, 0.15) is 58.3 Å². The van der Waals surface area contributed by atoms with Crippen molar-refractivity contribution in [3.8, 4) is 0 Å². The molecule has 0 aromatic rings. The Bertz CT molecular complexity index is 174. The molecule has 0 bridgehead atoms. The molecule has 2 N–H and O–H groups in total. The molecule has 0 unspecified atom stereocenters. The minimum atomic E-state index is 0.447. The molecule has 16 heavy (non-hydrogen) atoms. The molecular weight excluding hydrogens is 198 g/mol. The van der Waals surface area contributed by atoms with Gasteiger partial charge in [0.1, 0.15) is 0 Å². The molecule has 1 rings (SSSR count). The molecule has 0 saturated heterocycles. The van der Waals surface area contributed by atoms with Crippen LogP contribution in [0.25, 0.3) is 0 Å². The first-order valence-electron chi connectivity index (χ1n) is 6.95. The minimum Gasteiger partial charge on any atom is -0.385 e. The number of nitrogens with two attached hydrogens (primary N) is 1. The van der Waals surface area contributed by atoms with Crippen LogP contribution in [-0.4, -0.2) is 20.3 Å². The minimum absolute atomic E-state index is 0.447. The van der Waals surface area contributed by atoms with Gasteiger partial charge in [-0.2, -0.15) is 0 Å². The lowest BCUT2D eigenvalue weighted by molar-refractivity contribution is 0.115. The van der Waals surface area contributed by atoms with Crippen LogP contribution in [-0.2, 0) is 4.74 Å². The zero-order valence-corrected chi connectivity index (χ0v) is 11.1. The van der Waals surface area contributed by atoms with E-state index in [9.17, 15) is 0 Å². The third-order valence-corrected chi connectivity index (χ3v) is 4.35. The van der Waals surface area contributed by atoms with Gasteiger partial charge < -0.3 is 10.5 Å². The molecule has 0 atom stereocenters. The van der Waals surface area contributed by atoms with E-state index in [0.717, 1.165) is 19.1 Å². The van der Waals surface area contributed by atoms with Crippen LogP contribution in [0.2, 0.25) is 0 Å². The Labute approximate surface area is 101 Å². The lowest BCUT2D eigenvalue weighted by Gasteiger charge is -2.39. The smallest absolute Gasteiger partial charge is 0.0462 e. The van der Waals surface area contributed by atoms with Crippen molar-refractivity contribution in [2.24, 2.45) is 17.1 Å². The first kappa shape index (κ1) is 14.0. The van der Waals surface area contributed by atoms with Gasteiger partial charge in [-0.25, -0.2) is 0 Å². The number of methoxy groups -OCH3 is 1. The van der Waals surface area contributed by atoms with Gasteiger partial charge in [-0.3, -0.25) is 0 Å². The SMILES string of the molecule is CCCC1CCC(CN)(CCCOC)CC1. The summed E-state index contributed by atoms with van der Waals surface area (Å²) in [5.41, 5.74) is 6.45. The van der Waals surface area contributed by atoms with E-state index in [1.54, 1.807) is 7.11 Å². The van der Waals surface area contributed by atoms with E-state index < -0.39 is 0 Å². The van der Waals surface area contributed by atoms with E-state index in [-0.39, 0.29) is 0 Å². The van der Waals surface area contributed by atoms with Crippen molar-refractivity contribution in [1.82, 2.24) is 0 Å². The fourth-order valence-corrected chi connectivity index (χ4v) is 3.13. The largest absolute Gasteiger partial charge is 0.385 e. The molecule has 0 spiro atoms. The molecule has 0 heterocycles. The molecular formula is C14H29NO. The van der Waals surface area contributed by atoms with Gasteiger partial charge in [0, 0.05) is 13.7 Å². The molecule has 1 fully saturated rings. The predicted molar refractivity (Wildman–Crippen MR) is 69.5 cm³/mol. The molecule has 1 aliphatic carbocycles. The average molecular weight is 227 g/mol. The summed E-state index contributed by atoms with van der Waals surface area (Å²) in [6, 6.07) is 0. The van der Waals surface area contributed by atoms with Crippen LogP contribution in [0.5, 0.6) is 0 Å². The summed E-state index contributed by atoms with van der Waals surface area (Å²) in [5.74, 6) is 0.979. The summed E-state index contributed by atoms with van der Waals surface area (Å²) in [6.07, 6.45) is 10.7. The van der Waals surface area contributed by atoms with Gasteiger partial charge in [0.05, 0.1) is 0 Å². The second-order valence-corrected chi connectivity index (χ2v) is 5.53. The van der Waals surface area contributed by atoms with Crippen molar-refractivity contribution in [3.63, 3.8) is 0 Å². The lowest BCUT2D eigenvalue weighted by atomic mass is 9.67. The van der Waals surface area contributed by atoms with Crippen molar-refractivity contribution in [2.75, 3.05) is 20.3 Å². The van der Waals surface area contributed by atoms with Gasteiger partial charge in [-0.05, 0) is 56.4 Å². The second-order valence-electron chi connectivity index (χ2n) is 5.53. The van der Waals surface area contributed by atoms with E-state index in [2.05, 4.69) is 6.92 Å². The number of hydrogen-bond acceptors (Lipinski definition) is 2. The molecule has 0 aromatic carbocycles. The highest BCUT2D eigenvalue weighted by molar-refractivity contribution is 4.86. The van der Waals surface area contributed by atoms with Crippen LogP contribution in [0, 0.1) is 11.3 Å². The van der Waals surface area contributed by atoms with Crippen molar-refractivity contribution < 1.29 is 4.74 Å². The van der Waals surface area contributed by atoms with E-state index in [1.165, 1.54) is 51.4 Å². The molecule has 0 amide bonds. The normalized spacial score (nSPS) is 30.6. The summed E-state index contributed by atoms with van der Waals surface area (Å²) >= 11 is 0. The maximum atomic E-state index is 6.00. The van der Waals surface area contributed by atoms with Gasteiger partial charge in [-0.15, -0.1) is 0 Å². The zero-order chi connectivity index (χ0) is 11.9. The summed E-state index contributed by atoms with van der Waals surface area (Å²) < 4.78 is 5.14. The third kappa shape index (κ3) is 4.06. The number of hydrogen-bond donors (Lipinski definition) is 1. The lowest BCUT2D eigenvalue weighted by Crippen LogP contribution is -2.35. The Morgan fingerprint density at radius 2 is 2.00 bits per heavy atom. The van der Waals surface area contributed by atoms with Crippen LogP contribution in [0.3, 0.4) is 0 Å². The molecule has 2 nitrogen and oxygen atoms in total. The van der Waals surface area contributed by atoms with Crippen LogP contribution >= 0.6 is 0 Å². The van der Waals surface area contributed by atoms with E-state index in [4.69, 9.17) is 10.5 Å². The first-order valence-corrected chi connectivity index (χ1v) is 6.95. The molecule has 1 saturated carbocycles. The Kier molecular flexibility index (Phi) is 6.37. The van der Waals surface area contributed by atoms with Gasteiger partial charge in [-0.1, -0.05) is 19.8 Å². The Balaban J connectivity index is 2.32.